The molecule has 4 rings (SSSR count). The van der Waals surface area contributed by atoms with Crippen molar-refractivity contribution in [3.05, 3.63) is 58.7 Å². The Labute approximate surface area is 190 Å². The first-order valence-corrected chi connectivity index (χ1v) is 11.5. The largest absolute Gasteiger partial charge is 0.378 e. The van der Waals surface area contributed by atoms with Gasteiger partial charge in [-0.1, -0.05) is 6.07 Å². The Hall–Kier alpha value is -2.97. The van der Waals surface area contributed by atoms with Crippen LogP contribution in [0.2, 0.25) is 0 Å². The number of carbonyl (C=O) groups is 2. The fraction of sp³-hybridized carbons (Fsp3) is 0.333. The van der Waals surface area contributed by atoms with Crippen LogP contribution >= 0.6 is 11.3 Å². The van der Waals surface area contributed by atoms with Gasteiger partial charge in [0.1, 0.15) is 12.4 Å². The highest BCUT2D eigenvalue weighted by molar-refractivity contribution is 7.21. The Morgan fingerprint density at radius 1 is 1.16 bits per heavy atom. The van der Waals surface area contributed by atoms with Crippen LogP contribution in [-0.4, -0.2) is 56.1 Å². The molecule has 32 heavy (non-hydrogen) atoms. The zero-order chi connectivity index (χ0) is 22.7. The number of likely N-dealkylation sites (N-methyl/N-ethyl adjacent to an activating group) is 1. The van der Waals surface area contributed by atoms with Crippen LogP contribution in [0.5, 0.6) is 0 Å². The summed E-state index contributed by atoms with van der Waals surface area (Å²) in [6, 6.07) is 12.5. The van der Waals surface area contributed by atoms with Gasteiger partial charge in [-0.15, -0.1) is 11.3 Å². The minimum atomic E-state index is -0.336. The summed E-state index contributed by atoms with van der Waals surface area (Å²) in [6.07, 6.45) is 0. The Bertz CT molecular complexity index is 1120. The number of halogens is 1. The molecule has 8 heteroatoms. The van der Waals surface area contributed by atoms with Gasteiger partial charge in [-0.3, -0.25) is 9.59 Å². The maximum atomic E-state index is 14.2. The molecule has 6 nitrogen and oxygen atoms in total. The van der Waals surface area contributed by atoms with Crippen molar-refractivity contribution in [3.8, 4) is 0 Å². The maximum Gasteiger partial charge on any atom is 0.264 e. The molecule has 1 fully saturated rings. The lowest BCUT2D eigenvalue weighted by Gasteiger charge is -2.29. The van der Waals surface area contributed by atoms with E-state index in [-0.39, 0.29) is 24.2 Å². The fourth-order valence-corrected chi connectivity index (χ4v) is 5.07. The first-order chi connectivity index (χ1) is 15.5. The van der Waals surface area contributed by atoms with E-state index in [9.17, 15) is 14.0 Å². The molecule has 168 valence electrons. The molecular weight excluding hydrogens is 429 g/mol. The highest BCUT2D eigenvalue weighted by Crippen LogP contribution is 2.33. The number of fused-ring (bicyclic) bond motifs is 1. The Morgan fingerprint density at radius 3 is 2.53 bits per heavy atom. The molecule has 3 aromatic rings. The summed E-state index contributed by atoms with van der Waals surface area (Å²) in [7, 11) is 0. The van der Waals surface area contributed by atoms with E-state index in [4.69, 9.17) is 4.74 Å². The first-order valence-electron chi connectivity index (χ1n) is 10.7. The number of carbonyl (C=O) groups excluding carboxylic acids is 2. The van der Waals surface area contributed by atoms with Gasteiger partial charge in [-0.05, 0) is 55.8 Å². The second kappa shape index (κ2) is 9.67. The number of anilines is 2. The Morgan fingerprint density at radius 2 is 1.88 bits per heavy atom. The third-order valence-corrected chi connectivity index (χ3v) is 6.87. The minimum Gasteiger partial charge on any atom is -0.378 e. The topological polar surface area (TPSA) is 61.9 Å². The molecule has 0 bridgehead atoms. The van der Waals surface area contributed by atoms with E-state index in [1.165, 1.54) is 22.3 Å². The van der Waals surface area contributed by atoms with Crippen LogP contribution < -0.4 is 10.2 Å². The maximum absolute atomic E-state index is 14.2. The van der Waals surface area contributed by atoms with Gasteiger partial charge >= 0.3 is 0 Å². The molecule has 0 radical (unpaired) electrons. The highest BCUT2D eigenvalue weighted by Gasteiger charge is 2.23. The monoisotopic (exact) mass is 455 g/mol. The first kappa shape index (κ1) is 22.2. The van der Waals surface area contributed by atoms with E-state index < -0.39 is 0 Å². The van der Waals surface area contributed by atoms with Crippen LogP contribution in [0.1, 0.15) is 22.2 Å². The molecule has 0 spiro atoms. The molecule has 1 saturated heterocycles. The summed E-state index contributed by atoms with van der Waals surface area (Å²) in [5.74, 6) is -0.871. The summed E-state index contributed by atoms with van der Waals surface area (Å²) in [5.41, 5.74) is 2.38. The van der Waals surface area contributed by atoms with Gasteiger partial charge < -0.3 is 19.9 Å². The van der Waals surface area contributed by atoms with Crippen molar-refractivity contribution in [1.29, 1.82) is 0 Å². The van der Waals surface area contributed by atoms with E-state index in [2.05, 4.69) is 10.2 Å². The van der Waals surface area contributed by atoms with Gasteiger partial charge in [-0.25, -0.2) is 4.39 Å². The number of rotatable bonds is 6. The van der Waals surface area contributed by atoms with Gasteiger partial charge in [0.25, 0.3) is 5.91 Å². The number of nitrogens with zero attached hydrogens (tertiary/aromatic N) is 2. The van der Waals surface area contributed by atoms with Crippen LogP contribution in [0.25, 0.3) is 10.1 Å². The Kier molecular flexibility index (Phi) is 6.72. The van der Waals surface area contributed by atoms with Crippen LogP contribution in [-0.2, 0) is 9.53 Å². The molecule has 1 aromatic heterocycles. The summed E-state index contributed by atoms with van der Waals surface area (Å²) >= 11 is 1.26. The standard InChI is InChI=1S/C24H26FN3O3S/c1-3-27(24(30)23-16(2)22-19(25)5-4-6-20(22)32-23)15-21(29)26-17-7-9-18(10-8-17)28-11-13-31-14-12-28/h4-10H,3,11-15H2,1-2H3,(H,26,29). The fourth-order valence-electron chi connectivity index (χ4n) is 3.88. The molecule has 2 amide bonds. The smallest absolute Gasteiger partial charge is 0.264 e. The Balaban J connectivity index is 1.42. The molecule has 2 aromatic carbocycles. The predicted octanol–water partition coefficient (Wildman–Crippen LogP) is 4.29. The van der Waals surface area contributed by atoms with Gasteiger partial charge in [0.15, 0.2) is 0 Å². The molecule has 0 saturated carbocycles. The number of amides is 2. The normalized spacial score (nSPS) is 13.9. The minimum absolute atomic E-state index is 0.0727. The number of ether oxygens (including phenoxy) is 1. The predicted molar refractivity (Wildman–Crippen MR) is 126 cm³/mol. The summed E-state index contributed by atoms with van der Waals surface area (Å²) in [5, 5.41) is 3.33. The molecule has 1 aliphatic rings. The molecule has 2 heterocycles. The lowest BCUT2D eigenvalue weighted by molar-refractivity contribution is -0.116. The van der Waals surface area contributed by atoms with E-state index in [1.54, 1.807) is 19.1 Å². The van der Waals surface area contributed by atoms with E-state index >= 15 is 0 Å². The van der Waals surface area contributed by atoms with Crippen LogP contribution in [0.4, 0.5) is 15.8 Å². The number of benzene rings is 2. The quantitative estimate of drug-likeness (QED) is 0.603. The SMILES string of the molecule is CCN(CC(=O)Nc1ccc(N2CCOCC2)cc1)C(=O)c1sc2cccc(F)c2c1C. The zero-order valence-electron chi connectivity index (χ0n) is 18.2. The van der Waals surface area contributed by atoms with Crippen molar-refractivity contribution in [3.63, 3.8) is 0 Å². The zero-order valence-corrected chi connectivity index (χ0v) is 19.0. The third kappa shape index (κ3) is 4.61. The van der Waals surface area contributed by atoms with Crippen LogP contribution in [0.15, 0.2) is 42.5 Å². The van der Waals surface area contributed by atoms with Crippen LogP contribution in [0, 0.1) is 12.7 Å². The van der Waals surface area contributed by atoms with Crippen molar-refractivity contribution in [1.82, 2.24) is 4.90 Å². The van der Waals surface area contributed by atoms with Crippen molar-refractivity contribution in [2.24, 2.45) is 0 Å². The van der Waals surface area contributed by atoms with Crippen molar-refractivity contribution in [2.75, 3.05) is 49.6 Å². The van der Waals surface area contributed by atoms with E-state index in [0.29, 0.717) is 41.3 Å². The van der Waals surface area contributed by atoms with Crippen molar-refractivity contribution in [2.45, 2.75) is 13.8 Å². The van der Waals surface area contributed by atoms with Gasteiger partial charge in [0, 0.05) is 41.1 Å². The number of morpholine rings is 1. The average molecular weight is 456 g/mol. The van der Waals surface area contributed by atoms with Gasteiger partial charge in [0.05, 0.1) is 18.1 Å². The van der Waals surface area contributed by atoms with Crippen molar-refractivity contribution < 1.29 is 18.7 Å². The van der Waals surface area contributed by atoms with E-state index in [0.717, 1.165) is 23.5 Å². The number of aryl methyl sites for hydroxylation is 1. The second-order valence-corrected chi connectivity index (χ2v) is 8.74. The molecule has 1 aliphatic heterocycles. The summed E-state index contributed by atoms with van der Waals surface area (Å²) in [6.45, 7) is 7.00. The molecule has 0 unspecified atom stereocenters. The van der Waals surface area contributed by atoms with Gasteiger partial charge in [0.2, 0.25) is 5.91 Å². The summed E-state index contributed by atoms with van der Waals surface area (Å²) < 4.78 is 20.3. The highest BCUT2D eigenvalue weighted by atomic mass is 32.1. The number of hydrogen-bond donors (Lipinski definition) is 1. The lowest BCUT2D eigenvalue weighted by Crippen LogP contribution is -2.37. The molecular formula is C24H26FN3O3S. The van der Waals surface area contributed by atoms with Gasteiger partial charge in [-0.2, -0.15) is 0 Å². The number of hydrogen-bond acceptors (Lipinski definition) is 5. The van der Waals surface area contributed by atoms with E-state index in [1.807, 2.05) is 31.2 Å². The average Bonchev–Trinajstić information content (AvgIpc) is 3.15. The number of thiophene rings is 1. The molecule has 0 aliphatic carbocycles. The van der Waals surface area contributed by atoms with Crippen LogP contribution in [0.3, 0.4) is 0 Å². The lowest BCUT2D eigenvalue weighted by atomic mass is 10.1. The molecule has 0 atom stereocenters. The third-order valence-electron chi connectivity index (χ3n) is 5.63. The van der Waals surface area contributed by atoms with Crippen molar-refractivity contribution >= 4 is 44.6 Å². The summed E-state index contributed by atoms with van der Waals surface area (Å²) in [4.78, 5) is 29.9. The number of nitrogens with one attached hydrogen (secondary N) is 1. The second-order valence-electron chi connectivity index (χ2n) is 7.68. The molecule has 1 N–H and O–H groups in total.